The van der Waals surface area contributed by atoms with Gasteiger partial charge in [0.2, 0.25) is 6.41 Å². The van der Waals surface area contributed by atoms with E-state index in [1.165, 1.54) is 6.07 Å². The van der Waals surface area contributed by atoms with Crippen molar-refractivity contribution < 1.29 is 9.18 Å². The molecular formula is C10H9ClFNO. The number of nitrogens with one attached hydrogen (secondary N) is 1. The van der Waals surface area contributed by atoms with Crippen LogP contribution < -0.4 is 5.32 Å². The van der Waals surface area contributed by atoms with E-state index >= 15 is 0 Å². The molecule has 0 aliphatic heterocycles. The second-order valence-corrected chi connectivity index (χ2v) is 3.81. The fourth-order valence-electron chi connectivity index (χ4n) is 1.58. The largest absolute Gasteiger partial charge is 0.355 e. The molecule has 1 aliphatic rings. The summed E-state index contributed by atoms with van der Waals surface area (Å²) >= 11 is 5.56. The summed E-state index contributed by atoms with van der Waals surface area (Å²) in [5.41, 5.74) is 0.895. The second-order valence-electron chi connectivity index (χ2n) is 3.41. The van der Waals surface area contributed by atoms with E-state index in [0.717, 1.165) is 12.0 Å². The lowest BCUT2D eigenvalue weighted by molar-refractivity contribution is -0.109. The lowest BCUT2D eigenvalue weighted by Gasteiger charge is -2.01. The smallest absolute Gasteiger partial charge is 0.207 e. The van der Waals surface area contributed by atoms with E-state index in [0.29, 0.717) is 6.41 Å². The average Bonchev–Trinajstić information content (AvgIpc) is 2.90. The van der Waals surface area contributed by atoms with Crippen LogP contribution in [0, 0.1) is 5.82 Å². The number of carbonyl (C=O) groups is 1. The summed E-state index contributed by atoms with van der Waals surface area (Å²) in [4.78, 5) is 10.1. The van der Waals surface area contributed by atoms with Crippen LogP contribution in [-0.2, 0) is 4.79 Å². The Morgan fingerprint density at radius 1 is 1.57 bits per heavy atom. The fraction of sp³-hybridized carbons (Fsp3) is 0.300. The van der Waals surface area contributed by atoms with Crippen molar-refractivity contribution in [3.8, 4) is 0 Å². The molecule has 2 rings (SSSR count). The van der Waals surface area contributed by atoms with Crippen molar-refractivity contribution in [3.05, 3.63) is 34.6 Å². The number of rotatable bonds is 3. The second kappa shape index (κ2) is 3.58. The van der Waals surface area contributed by atoms with E-state index in [4.69, 9.17) is 11.6 Å². The Balaban J connectivity index is 2.12. The molecule has 1 saturated carbocycles. The van der Waals surface area contributed by atoms with Gasteiger partial charge >= 0.3 is 0 Å². The molecule has 0 bridgehead atoms. The SMILES string of the molecule is O=CN[C@@H]1C[C@H]1c1ccc(Cl)c(F)c1. The molecule has 1 aromatic rings. The minimum atomic E-state index is -0.402. The zero-order chi connectivity index (χ0) is 10.1. The summed E-state index contributed by atoms with van der Waals surface area (Å²) in [6.45, 7) is 0. The number of hydrogen-bond donors (Lipinski definition) is 1. The standard InChI is InChI=1S/C10H9ClFNO/c11-8-2-1-6(3-9(8)12)7-4-10(7)13-5-14/h1-3,5,7,10H,4H2,(H,13,14)/t7-,10+/m0/s1. The van der Waals surface area contributed by atoms with Crippen LogP contribution in [0.3, 0.4) is 0 Å². The van der Waals surface area contributed by atoms with Gasteiger partial charge in [-0.15, -0.1) is 0 Å². The Bertz CT molecular complexity index is 369. The van der Waals surface area contributed by atoms with E-state index < -0.39 is 5.82 Å². The highest BCUT2D eigenvalue weighted by molar-refractivity contribution is 6.30. The van der Waals surface area contributed by atoms with Crippen LogP contribution in [0.2, 0.25) is 5.02 Å². The van der Waals surface area contributed by atoms with Crippen molar-refractivity contribution >= 4 is 18.0 Å². The summed E-state index contributed by atoms with van der Waals surface area (Å²) < 4.78 is 13.1. The Labute approximate surface area is 86.1 Å². The van der Waals surface area contributed by atoms with E-state index in [9.17, 15) is 9.18 Å². The Morgan fingerprint density at radius 3 is 3.00 bits per heavy atom. The molecule has 2 nitrogen and oxygen atoms in total. The van der Waals surface area contributed by atoms with Gasteiger partial charge in [0.1, 0.15) is 5.82 Å². The van der Waals surface area contributed by atoms with Crippen molar-refractivity contribution in [3.63, 3.8) is 0 Å². The molecule has 0 unspecified atom stereocenters. The molecule has 0 radical (unpaired) electrons. The molecule has 1 N–H and O–H groups in total. The summed E-state index contributed by atoms with van der Waals surface area (Å²) in [6.07, 6.45) is 1.55. The molecule has 2 atom stereocenters. The van der Waals surface area contributed by atoms with Crippen LogP contribution in [0.1, 0.15) is 17.9 Å². The quantitative estimate of drug-likeness (QED) is 0.766. The third-order valence-electron chi connectivity index (χ3n) is 2.44. The maximum atomic E-state index is 13.1. The normalized spacial score (nSPS) is 24.4. The first-order valence-corrected chi connectivity index (χ1v) is 4.75. The van der Waals surface area contributed by atoms with Crippen LogP contribution in [-0.4, -0.2) is 12.5 Å². The van der Waals surface area contributed by atoms with Crippen molar-refractivity contribution in [2.75, 3.05) is 0 Å². The first-order chi connectivity index (χ1) is 6.72. The van der Waals surface area contributed by atoms with E-state index in [1.807, 2.05) is 0 Å². The summed E-state index contributed by atoms with van der Waals surface area (Å²) in [5.74, 6) is -0.159. The third-order valence-corrected chi connectivity index (χ3v) is 2.75. The molecule has 1 fully saturated rings. The van der Waals surface area contributed by atoms with Gasteiger partial charge in [0.15, 0.2) is 0 Å². The van der Waals surface area contributed by atoms with Gasteiger partial charge in [0, 0.05) is 12.0 Å². The third kappa shape index (κ3) is 1.73. The zero-order valence-electron chi connectivity index (χ0n) is 7.34. The maximum Gasteiger partial charge on any atom is 0.207 e. The van der Waals surface area contributed by atoms with Gasteiger partial charge < -0.3 is 5.32 Å². The highest BCUT2D eigenvalue weighted by Gasteiger charge is 2.38. The molecule has 1 amide bonds. The van der Waals surface area contributed by atoms with Gasteiger partial charge in [0.25, 0.3) is 0 Å². The van der Waals surface area contributed by atoms with Gasteiger partial charge in [-0.2, -0.15) is 0 Å². The number of benzene rings is 1. The average molecular weight is 214 g/mol. The summed E-state index contributed by atoms with van der Waals surface area (Å²) in [7, 11) is 0. The van der Waals surface area contributed by atoms with Crippen LogP contribution in [0.25, 0.3) is 0 Å². The number of hydrogen-bond acceptors (Lipinski definition) is 1. The van der Waals surface area contributed by atoms with E-state index in [1.54, 1.807) is 12.1 Å². The lowest BCUT2D eigenvalue weighted by atomic mass is 10.1. The maximum absolute atomic E-state index is 13.1. The topological polar surface area (TPSA) is 29.1 Å². The number of carbonyl (C=O) groups excluding carboxylic acids is 1. The van der Waals surface area contributed by atoms with E-state index in [-0.39, 0.29) is 17.0 Å². The first-order valence-electron chi connectivity index (χ1n) is 4.37. The van der Waals surface area contributed by atoms with Crippen LogP contribution in [0.5, 0.6) is 0 Å². The van der Waals surface area contributed by atoms with Gasteiger partial charge in [-0.05, 0) is 24.1 Å². The van der Waals surface area contributed by atoms with Gasteiger partial charge in [-0.1, -0.05) is 17.7 Å². The molecule has 14 heavy (non-hydrogen) atoms. The molecule has 0 aromatic heterocycles. The van der Waals surface area contributed by atoms with Crippen LogP contribution >= 0.6 is 11.6 Å². The highest BCUT2D eigenvalue weighted by Crippen LogP contribution is 2.41. The predicted molar refractivity (Wildman–Crippen MR) is 51.8 cm³/mol. The monoisotopic (exact) mass is 213 g/mol. The number of halogens is 2. The zero-order valence-corrected chi connectivity index (χ0v) is 8.09. The number of amides is 1. The van der Waals surface area contributed by atoms with Crippen molar-refractivity contribution in [1.29, 1.82) is 0 Å². The Hall–Kier alpha value is -1.09. The van der Waals surface area contributed by atoms with Crippen LogP contribution in [0.4, 0.5) is 4.39 Å². The molecule has 74 valence electrons. The van der Waals surface area contributed by atoms with Crippen molar-refractivity contribution in [2.45, 2.75) is 18.4 Å². The predicted octanol–water partition coefficient (Wildman–Crippen LogP) is 2.08. The fourth-order valence-corrected chi connectivity index (χ4v) is 1.70. The highest BCUT2D eigenvalue weighted by atomic mass is 35.5. The summed E-state index contributed by atoms with van der Waals surface area (Å²) in [6, 6.07) is 4.93. The van der Waals surface area contributed by atoms with Gasteiger partial charge in [0.05, 0.1) is 5.02 Å². The molecule has 1 aromatic carbocycles. The molecule has 1 aliphatic carbocycles. The minimum Gasteiger partial charge on any atom is -0.355 e. The molecule has 0 saturated heterocycles. The first kappa shape index (κ1) is 9.46. The lowest BCUT2D eigenvalue weighted by Crippen LogP contribution is -2.14. The molecule has 0 heterocycles. The molecular weight excluding hydrogens is 205 g/mol. The van der Waals surface area contributed by atoms with Gasteiger partial charge in [-0.3, -0.25) is 4.79 Å². The van der Waals surface area contributed by atoms with Gasteiger partial charge in [-0.25, -0.2) is 4.39 Å². The van der Waals surface area contributed by atoms with E-state index in [2.05, 4.69) is 5.32 Å². The van der Waals surface area contributed by atoms with Crippen molar-refractivity contribution in [1.82, 2.24) is 5.32 Å². The Morgan fingerprint density at radius 2 is 2.36 bits per heavy atom. The molecule has 0 spiro atoms. The minimum absolute atomic E-state index is 0.134. The van der Waals surface area contributed by atoms with Crippen molar-refractivity contribution in [2.24, 2.45) is 0 Å². The Kier molecular flexibility index (Phi) is 2.42. The molecule has 4 heteroatoms. The van der Waals surface area contributed by atoms with Crippen LogP contribution in [0.15, 0.2) is 18.2 Å². The summed E-state index contributed by atoms with van der Waals surface area (Å²) in [5, 5.41) is 2.80.